The highest BCUT2D eigenvalue weighted by molar-refractivity contribution is 8.00. The molecule has 0 saturated carbocycles. The first-order chi connectivity index (χ1) is 45.7. The lowest BCUT2D eigenvalue weighted by molar-refractivity contribution is 0.487. The van der Waals surface area contributed by atoms with Crippen LogP contribution < -0.4 is 57.1 Å². The molecule has 0 radical (unpaired) electrons. The third-order valence-corrected chi connectivity index (χ3v) is 19.8. The summed E-state index contributed by atoms with van der Waals surface area (Å²) >= 11 is 1.90. The monoisotopic (exact) mass is 1190 g/mol. The van der Waals surface area contributed by atoms with Crippen LogP contribution in [0.4, 0.5) is 68.2 Å². The zero-order valence-electron chi connectivity index (χ0n) is 50.1. The minimum Gasteiger partial charge on any atom is -0.458 e. The first-order valence-corrected chi connectivity index (χ1v) is 32.4. The fourth-order valence-corrected chi connectivity index (χ4v) is 16.0. The summed E-state index contributed by atoms with van der Waals surface area (Å²) < 4.78 is 7.40. The van der Waals surface area contributed by atoms with Crippen LogP contribution in [0.5, 0.6) is 11.5 Å². The molecule has 0 bridgehead atoms. The second-order valence-electron chi connectivity index (χ2n) is 23.9. The van der Waals surface area contributed by atoms with Crippen LogP contribution >= 0.6 is 11.8 Å². The summed E-state index contributed by atoms with van der Waals surface area (Å²) in [5.41, 5.74) is 27.2. The van der Waals surface area contributed by atoms with E-state index in [0.717, 1.165) is 124 Å². The number of anilines is 12. The average Bonchev–Trinajstić information content (AvgIpc) is 0.696. The molecule has 430 valence electrons. The van der Waals surface area contributed by atoms with Crippen molar-refractivity contribution in [2.75, 3.05) is 19.6 Å². The maximum absolute atomic E-state index is 7.40. The van der Waals surface area contributed by atoms with Crippen LogP contribution in [0, 0.1) is 0 Å². The SMILES string of the molecule is c1ccc(-c2ccccc2N(c2ccccc2)c2cc3c4c(c2)N(c2ccccc2)c2ccccc2B4c2cc4c(cc2S3)N(c2c(-c3ccccc3)cccc2-c2ccccc2)c2cc(N(c3ccccc3)c3ccccc3)cc3c2B4c2ccccc2O3)cc1. The lowest BCUT2D eigenvalue weighted by atomic mass is 9.31. The van der Waals surface area contributed by atoms with Gasteiger partial charge in [0.1, 0.15) is 11.5 Å². The Morgan fingerprint density at radius 2 is 0.761 bits per heavy atom. The van der Waals surface area contributed by atoms with Gasteiger partial charge in [-0.2, -0.15) is 0 Å². The predicted molar refractivity (Wildman–Crippen MR) is 388 cm³/mol. The third-order valence-electron chi connectivity index (χ3n) is 18.7. The zero-order chi connectivity index (χ0) is 60.6. The van der Waals surface area contributed by atoms with Crippen molar-refractivity contribution in [1.29, 1.82) is 0 Å². The summed E-state index contributed by atoms with van der Waals surface area (Å²) in [7, 11) is 0. The van der Waals surface area contributed by atoms with E-state index >= 15 is 0 Å². The van der Waals surface area contributed by atoms with Gasteiger partial charge in [0.25, 0.3) is 6.71 Å². The largest absolute Gasteiger partial charge is 0.458 e. The van der Waals surface area contributed by atoms with E-state index < -0.39 is 0 Å². The maximum Gasteiger partial charge on any atom is 0.256 e. The van der Waals surface area contributed by atoms with Gasteiger partial charge in [-0.25, -0.2) is 0 Å². The molecule has 92 heavy (non-hydrogen) atoms. The molecule has 0 aliphatic carbocycles. The number of para-hydroxylation sites is 8. The van der Waals surface area contributed by atoms with Crippen LogP contribution in [-0.4, -0.2) is 13.4 Å². The molecular formula is C84H56B2N4OS. The minimum absolute atomic E-state index is 0.123. The Bertz CT molecular complexity index is 5040. The Hall–Kier alpha value is -11.4. The molecule has 8 heteroatoms. The second-order valence-corrected chi connectivity index (χ2v) is 25.0. The third kappa shape index (κ3) is 8.81. The summed E-state index contributed by atoms with van der Waals surface area (Å²) in [6.45, 7) is -0.319. The average molecular weight is 1190 g/mol. The van der Waals surface area contributed by atoms with Gasteiger partial charge in [-0.15, -0.1) is 0 Å². The normalized spacial score (nSPS) is 12.7. The predicted octanol–water partition coefficient (Wildman–Crippen LogP) is 18.8. The second kappa shape index (κ2) is 22.2. The molecule has 18 rings (SSSR count). The van der Waals surface area contributed by atoms with Crippen molar-refractivity contribution in [2.45, 2.75) is 9.79 Å². The lowest BCUT2D eigenvalue weighted by Gasteiger charge is -2.44. The summed E-state index contributed by atoms with van der Waals surface area (Å²) in [5, 5.41) is 0. The fourth-order valence-electron chi connectivity index (χ4n) is 14.8. The van der Waals surface area contributed by atoms with Gasteiger partial charge in [-0.3, -0.25) is 0 Å². The molecule has 0 aromatic heterocycles. The molecule has 0 unspecified atom stereocenters. The van der Waals surface area contributed by atoms with Gasteiger partial charge in [-0.05, 0) is 135 Å². The van der Waals surface area contributed by atoms with Crippen molar-refractivity contribution >= 4 is 126 Å². The molecule has 0 saturated heterocycles. The molecule has 0 fully saturated rings. The highest BCUT2D eigenvalue weighted by Gasteiger charge is 2.47. The topological polar surface area (TPSA) is 22.2 Å². The molecule has 0 spiro atoms. The molecule has 4 aliphatic heterocycles. The van der Waals surface area contributed by atoms with Crippen molar-refractivity contribution in [3.63, 3.8) is 0 Å². The van der Waals surface area contributed by atoms with Gasteiger partial charge in [0.05, 0.1) is 17.1 Å². The number of hydrogen-bond donors (Lipinski definition) is 0. The Balaban J connectivity index is 0.941. The zero-order valence-corrected chi connectivity index (χ0v) is 50.9. The molecule has 4 heterocycles. The van der Waals surface area contributed by atoms with Crippen molar-refractivity contribution in [3.8, 4) is 44.9 Å². The molecule has 14 aromatic carbocycles. The summed E-state index contributed by atoms with van der Waals surface area (Å²) in [6, 6.07) is 124. The van der Waals surface area contributed by atoms with E-state index in [1.165, 1.54) is 31.6 Å². The number of rotatable bonds is 11. The van der Waals surface area contributed by atoms with Crippen molar-refractivity contribution in [2.24, 2.45) is 0 Å². The van der Waals surface area contributed by atoms with E-state index in [1.807, 2.05) is 11.8 Å². The number of benzene rings is 14. The van der Waals surface area contributed by atoms with Gasteiger partial charge in [0.2, 0.25) is 6.71 Å². The highest BCUT2D eigenvalue weighted by Crippen LogP contribution is 2.53. The van der Waals surface area contributed by atoms with E-state index in [4.69, 9.17) is 4.74 Å². The fraction of sp³-hybridized carbons (Fsp3) is 0. The van der Waals surface area contributed by atoms with E-state index in [9.17, 15) is 0 Å². The smallest absolute Gasteiger partial charge is 0.256 e. The van der Waals surface area contributed by atoms with Crippen molar-refractivity contribution < 1.29 is 4.74 Å². The molecule has 0 atom stereocenters. The summed E-state index contributed by atoms with van der Waals surface area (Å²) in [5.74, 6) is 1.69. The number of nitrogens with zero attached hydrogens (tertiary/aromatic N) is 4. The van der Waals surface area contributed by atoms with Crippen LogP contribution in [-0.2, 0) is 0 Å². The summed E-state index contributed by atoms with van der Waals surface area (Å²) in [4.78, 5) is 12.4. The molecule has 4 aliphatic rings. The van der Waals surface area contributed by atoms with Gasteiger partial charge in [0, 0.05) is 83.7 Å². The van der Waals surface area contributed by atoms with E-state index in [2.05, 4.69) is 359 Å². The van der Waals surface area contributed by atoms with Crippen LogP contribution in [0.15, 0.2) is 350 Å². The van der Waals surface area contributed by atoms with Crippen LogP contribution in [0.1, 0.15) is 0 Å². The quantitative estimate of drug-likeness (QED) is 0.120. The first kappa shape index (κ1) is 53.6. The lowest BCUT2D eigenvalue weighted by Crippen LogP contribution is -2.63. The number of fused-ring (bicyclic) bond motifs is 8. The Kier molecular flexibility index (Phi) is 13.0. The van der Waals surface area contributed by atoms with Crippen molar-refractivity contribution in [1.82, 2.24) is 0 Å². The van der Waals surface area contributed by atoms with Crippen LogP contribution in [0.2, 0.25) is 0 Å². The summed E-state index contributed by atoms with van der Waals surface area (Å²) in [6.07, 6.45) is 0. The number of ether oxygens (including phenoxy) is 1. The van der Waals surface area contributed by atoms with Gasteiger partial charge in [-0.1, -0.05) is 260 Å². The van der Waals surface area contributed by atoms with Gasteiger partial charge >= 0.3 is 0 Å². The van der Waals surface area contributed by atoms with Crippen molar-refractivity contribution in [3.05, 3.63) is 340 Å². The molecule has 14 aromatic rings. The molecule has 0 amide bonds. The Morgan fingerprint density at radius 1 is 0.283 bits per heavy atom. The standard InChI is InChI=1S/C84H56B2N4OS/c1-8-29-57(30-9-1)66-43-22-25-48-73(66)88(62-39-18-6-19-40-62)65-52-77-83-81(54-65)92-80-56-75-71(55-72(80)85(83)69-46-23-26-49-74(69)89(77)63-41-20-7-21-42-63)86-70-47-24-27-50-78(70)91-79-53-64(87(60-35-14-4-15-36-60)61-37-16-5-17-38-61)51-76(82(79)86)90(75)84-67(58-31-10-2-11-32-58)44-28-45-68(84)59-33-12-3-13-34-59/h1-56H. The van der Waals surface area contributed by atoms with Gasteiger partial charge < -0.3 is 24.3 Å². The minimum atomic E-state index is -0.196. The first-order valence-electron chi connectivity index (χ1n) is 31.5. The van der Waals surface area contributed by atoms with E-state index in [1.54, 1.807) is 0 Å². The van der Waals surface area contributed by atoms with E-state index in [-0.39, 0.29) is 13.4 Å². The Morgan fingerprint density at radius 3 is 1.39 bits per heavy atom. The Labute approximate surface area is 541 Å². The number of hydrogen-bond acceptors (Lipinski definition) is 6. The highest BCUT2D eigenvalue weighted by atomic mass is 32.2. The maximum atomic E-state index is 7.40. The van der Waals surface area contributed by atoms with Crippen LogP contribution in [0.25, 0.3) is 33.4 Å². The van der Waals surface area contributed by atoms with E-state index in [0.29, 0.717) is 0 Å². The van der Waals surface area contributed by atoms with Crippen LogP contribution in [0.3, 0.4) is 0 Å². The molecule has 0 N–H and O–H groups in total. The van der Waals surface area contributed by atoms with Gasteiger partial charge in [0.15, 0.2) is 0 Å². The molecular weight excluding hydrogens is 1130 g/mol. The molecule has 5 nitrogen and oxygen atoms in total.